The highest BCUT2D eigenvalue weighted by atomic mass is 79.9. The van der Waals surface area contributed by atoms with E-state index in [4.69, 9.17) is 4.74 Å². The molecule has 0 aliphatic rings. The molecule has 0 radical (unpaired) electrons. The molecular weight excluding hydrogens is 302 g/mol. The van der Waals surface area contributed by atoms with E-state index in [-0.39, 0.29) is 5.69 Å². The van der Waals surface area contributed by atoms with Crippen LogP contribution in [0, 0.1) is 10.1 Å². The standard InChI is InChI=1S/C11H16BrN3O3/c1-2-5-18-6-3-4-14-11-9(12)7-13-8-10(11)15(16)17/h7-8H,2-6H2,1H3,(H,13,14). The summed E-state index contributed by atoms with van der Waals surface area (Å²) in [6.45, 7) is 4.07. The predicted molar refractivity (Wildman–Crippen MR) is 72.8 cm³/mol. The van der Waals surface area contributed by atoms with Crippen molar-refractivity contribution in [1.82, 2.24) is 4.98 Å². The van der Waals surface area contributed by atoms with E-state index in [1.54, 1.807) is 0 Å². The molecule has 1 aromatic heterocycles. The second-order valence-corrected chi connectivity index (χ2v) is 4.52. The second-order valence-electron chi connectivity index (χ2n) is 3.67. The van der Waals surface area contributed by atoms with Gasteiger partial charge in [0.25, 0.3) is 0 Å². The van der Waals surface area contributed by atoms with Crippen LogP contribution in [0.2, 0.25) is 0 Å². The number of anilines is 1. The number of aromatic nitrogens is 1. The Hall–Kier alpha value is -1.21. The summed E-state index contributed by atoms with van der Waals surface area (Å²) in [6, 6.07) is 0. The van der Waals surface area contributed by atoms with Crippen LogP contribution >= 0.6 is 15.9 Å². The van der Waals surface area contributed by atoms with Gasteiger partial charge in [0, 0.05) is 26.0 Å². The Labute approximate surface area is 114 Å². The summed E-state index contributed by atoms with van der Waals surface area (Å²) in [6.07, 6.45) is 4.56. The van der Waals surface area contributed by atoms with Gasteiger partial charge < -0.3 is 10.1 Å². The molecule has 1 N–H and O–H groups in total. The fourth-order valence-electron chi connectivity index (χ4n) is 1.37. The Morgan fingerprint density at radius 3 is 2.94 bits per heavy atom. The zero-order valence-corrected chi connectivity index (χ0v) is 11.8. The lowest BCUT2D eigenvalue weighted by molar-refractivity contribution is -0.384. The molecule has 0 aliphatic heterocycles. The number of hydrogen-bond acceptors (Lipinski definition) is 5. The maximum Gasteiger partial charge on any atom is 0.311 e. The van der Waals surface area contributed by atoms with Crippen molar-refractivity contribution in [2.24, 2.45) is 0 Å². The van der Waals surface area contributed by atoms with Crippen LogP contribution in [0.25, 0.3) is 0 Å². The molecule has 100 valence electrons. The number of nitrogens with one attached hydrogen (secondary N) is 1. The summed E-state index contributed by atoms with van der Waals surface area (Å²) < 4.78 is 5.92. The summed E-state index contributed by atoms with van der Waals surface area (Å²) in [5.74, 6) is 0. The van der Waals surface area contributed by atoms with Gasteiger partial charge in [-0.1, -0.05) is 6.92 Å². The lowest BCUT2D eigenvalue weighted by Gasteiger charge is -2.08. The molecule has 7 heteroatoms. The average Bonchev–Trinajstić information content (AvgIpc) is 2.34. The van der Waals surface area contributed by atoms with E-state index in [0.29, 0.717) is 23.3 Å². The molecule has 0 amide bonds. The van der Waals surface area contributed by atoms with Crippen LogP contribution in [0.1, 0.15) is 19.8 Å². The maximum atomic E-state index is 10.8. The normalized spacial score (nSPS) is 10.3. The van der Waals surface area contributed by atoms with Gasteiger partial charge in [0.15, 0.2) is 0 Å². The van der Waals surface area contributed by atoms with Crippen LogP contribution < -0.4 is 5.32 Å². The quantitative estimate of drug-likeness (QED) is 0.453. The summed E-state index contributed by atoms with van der Waals surface area (Å²) in [5.41, 5.74) is 0.435. The van der Waals surface area contributed by atoms with Gasteiger partial charge in [-0.05, 0) is 28.8 Å². The third-order valence-electron chi connectivity index (χ3n) is 2.19. The van der Waals surface area contributed by atoms with Crippen molar-refractivity contribution < 1.29 is 9.66 Å². The van der Waals surface area contributed by atoms with Crippen LogP contribution in [-0.4, -0.2) is 29.7 Å². The molecule has 0 saturated carbocycles. The van der Waals surface area contributed by atoms with Crippen molar-refractivity contribution in [3.8, 4) is 0 Å². The molecule has 0 unspecified atom stereocenters. The summed E-state index contributed by atoms with van der Waals surface area (Å²) >= 11 is 3.25. The molecule has 6 nitrogen and oxygen atoms in total. The largest absolute Gasteiger partial charge is 0.381 e. The number of rotatable bonds is 8. The van der Waals surface area contributed by atoms with Crippen molar-refractivity contribution in [3.63, 3.8) is 0 Å². The van der Waals surface area contributed by atoms with E-state index in [9.17, 15) is 10.1 Å². The fourth-order valence-corrected chi connectivity index (χ4v) is 1.83. The van der Waals surface area contributed by atoms with E-state index in [2.05, 4.69) is 33.2 Å². The van der Waals surface area contributed by atoms with Gasteiger partial charge in [0.2, 0.25) is 0 Å². The molecule has 1 aromatic rings. The first-order chi connectivity index (χ1) is 8.66. The van der Waals surface area contributed by atoms with Gasteiger partial charge in [-0.2, -0.15) is 0 Å². The van der Waals surface area contributed by atoms with Crippen LogP contribution in [-0.2, 0) is 4.74 Å². The molecular formula is C11H16BrN3O3. The predicted octanol–water partition coefficient (Wildman–Crippen LogP) is 2.98. The third-order valence-corrected chi connectivity index (χ3v) is 2.79. The smallest absolute Gasteiger partial charge is 0.311 e. The Balaban J connectivity index is 2.48. The van der Waals surface area contributed by atoms with E-state index in [0.717, 1.165) is 19.4 Å². The van der Waals surface area contributed by atoms with Crippen LogP contribution in [0.5, 0.6) is 0 Å². The van der Waals surface area contributed by atoms with Gasteiger partial charge >= 0.3 is 5.69 Å². The molecule has 0 aliphatic carbocycles. The van der Waals surface area contributed by atoms with E-state index in [1.165, 1.54) is 12.4 Å². The lowest BCUT2D eigenvalue weighted by atomic mass is 10.3. The monoisotopic (exact) mass is 317 g/mol. The highest BCUT2D eigenvalue weighted by molar-refractivity contribution is 9.10. The van der Waals surface area contributed by atoms with Crippen LogP contribution in [0.15, 0.2) is 16.9 Å². The van der Waals surface area contributed by atoms with Gasteiger partial charge in [0.1, 0.15) is 11.9 Å². The zero-order chi connectivity index (χ0) is 13.4. The molecule has 18 heavy (non-hydrogen) atoms. The second kappa shape index (κ2) is 7.99. The van der Waals surface area contributed by atoms with Crippen molar-refractivity contribution in [3.05, 3.63) is 27.0 Å². The lowest BCUT2D eigenvalue weighted by Crippen LogP contribution is -2.08. The van der Waals surface area contributed by atoms with E-state index in [1.807, 2.05) is 0 Å². The number of nitro groups is 1. The Bertz CT molecular complexity index is 401. The minimum absolute atomic E-state index is 0.0288. The highest BCUT2D eigenvalue weighted by Gasteiger charge is 2.16. The van der Waals surface area contributed by atoms with Crippen molar-refractivity contribution in [1.29, 1.82) is 0 Å². The Morgan fingerprint density at radius 1 is 1.50 bits per heavy atom. The Kier molecular flexibility index (Phi) is 6.59. The average molecular weight is 318 g/mol. The number of pyridine rings is 1. The van der Waals surface area contributed by atoms with E-state index < -0.39 is 4.92 Å². The highest BCUT2D eigenvalue weighted by Crippen LogP contribution is 2.30. The summed E-state index contributed by atoms with van der Waals surface area (Å²) in [7, 11) is 0. The fraction of sp³-hybridized carbons (Fsp3) is 0.545. The first-order valence-electron chi connectivity index (χ1n) is 5.76. The minimum Gasteiger partial charge on any atom is -0.381 e. The van der Waals surface area contributed by atoms with E-state index >= 15 is 0 Å². The van der Waals surface area contributed by atoms with Crippen molar-refractivity contribution >= 4 is 27.3 Å². The topological polar surface area (TPSA) is 77.3 Å². The maximum absolute atomic E-state index is 10.8. The third kappa shape index (κ3) is 4.58. The van der Waals surface area contributed by atoms with Crippen LogP contribution in [0.4, 0.5) is 11.4 Å². The van der Waals surface area contributed by atoms with Crippen molar-refractivity contribution in [2.45, 2.75) is 19.8 Å². The molecule has 0 fully saturated rings. The van der Waals surface area contributed by atoms with Crippen molar-refractivity contribution in [2.75, 3.05) is 25.1 Å². The van der Waals surface area contributed by atoms with Gasteiger partial charge in [-0.3, -0.25) is 15.1 Å². The van der Waals surface area contributed by atoms with Gasteiger partial charge in [-0.25, -0.2) is 0 Å². The molecule has 1 rings (SSSR count). The molecule has 0 atom stereocenters. The Morgan fingerprint density at radius 2 is 2.28 bits per heavy atom. The first kappa shape index (κ1) is 14.8. The molecule has 0 spiro atoms. The first-order valence-corrected chi connectivity index (χ1v) is 6.55. The number of ether oxygens (including phenoxy) is 1. The summed E-state index contributed by atoms with van der Waals surface area (Å²) in [4.78, 5) is 14.2. The number of nitrogens with zero attached hydrogens (tertiary/aromatic N) is 2. The van der Waals surface area contributed by atoms with Gasteiger partial charge in [0.05, 0.1) is 9.40 Å². The molecule has 0 aromatic carbocycles. The van der Waals surface area contributed by atoms with Gasteiger partial charge in [-0.15, -0.1) is 0 Å². The number of hydrogen-bond donors (Lipinski definition) is 1. The molecule has 0 saturated heterocycles. The number of halogens is 1. The zero-order valence-electron chi connectivity index (χ0n) is 10.2. The summed E-state index contributed by atoms with van der Waals surface area (Å²) in [5, 5.41) is 13.9. The minimum atomic E-state index is -0.451. The SMILES string of the molecule is CCCOCCCNc1c(Br)cncc1[N+](=O)[O-]. The molecule has 1 heterocycles. The van der Waals surface area contributed by atoms with Crippen LogP contribution in [0.3, 0.4) is 0 Å². The molecule has 0 bridgehead atoms.